The van der Waals surface area contributed by atoms with Crippen molar-refractivity contribution in [2.45, 2.75) is 32.1 Å². The van der Waals surface area contributed by atoms with Crippen LogP contribution in [-0.2, 0) is 0 Å². The summed E-state index contributed by atoms with van der Waals surface area (Å²) in [6, 6.07) is 1.91. The smallest absolute Gasteiger partial charge is 0.224 e. The van der Waals surface area contributed by atoms with Gasteiger partial charge < -0.3 is 10.6 Å². The number of nitrogens with zero attached hydrogens (tertiary/aromatic N) is 2. The fraction of sp³-hybridized carbons (Fsp3) is 0.667. The van der Waals surface area contributed by atoms with Gasteiger partial charge in [-0.25, -0.2) is 4.98 Å². The van der Waals surface area contributed by atoms with E-state index in [2.05, 4.69) is 20.6 Å². The molecule has 1 aliphatic carbocycles. The second-order valence-electron chi connectivity index (χ2n) is 4.38. The Labute approximate surface area is 96.9 Å². The van der Waals surface area contributed by atoms with E-state index in [1.165, 1.54) is 32.1 Å². The molecule has 0 aliphatic heterocycles. The van der Waals surface area contributed by atoms with Crippen molar-refractivity contribution in [3.63, 3.8) is 0 Å². The molecule has 0 spiro atoms. The summed E-state index contributed by atoms with van der Waals surface area (Å²) in [7, 11) is 1.83. The first-order chi connectivity index (χ1) is 7.88. The van der Waals surface area contributed by atoms with E-state index >= 15 is 0 Å². The molecular formula is C12H20N4. The van der Waals surface area contributed by atoms with Crippen LogP contribution in [0.2, 0.25) is 0 Å². The Morgan fingerprint density at radius 1 is 1.38 bits per heavy atom. The molecule has 0 amide bonds. The Morgan fingerprint density at radius 3 is 2.94 bits per heavy atom. The summed E-state index contributed by atoms with van der Waals surface area (Å²) in [5.74, 6) is 2.52. The Bertz CT molecular complexity index is 321. The number of anilines is 2. The van der Waals surface area contributed by atoms with Crippen molar-refractivity contribution in [2.24, 2.45) is 5.92 Å². The minimum Gasteiger partial charge on any atom is -0.370 e. The molecule has 1 fully saturated rings. The maximum absolute atomic E-state index is 4.32. The van der Waals surface area contributed by atoms with Gasteiger partial charge in [-0.2, -0.15) is 4.98 Å². The molecule has 0 bridgehead atoms. The van der Waals surface area contributed by atoms with E-state index in [1.807, 2.05) is 13.1 Å². The van der Waals surface area contributed by atoms with Gasteiger partial charge in [-0.15, -0.1) is 0 Å². The Kier molecular flexibility index (Phi) is 3.97. The maximum Gasteiger partial charge on any atom is 0.224 e. The first kappa shape index (κ1) is 11.2. The van der Waals surface area contributed by atoms with Crippen molar-refractivity contribution >= 4 is 11.8 Å². The summed E-state index contributed by atoms with van der Waals surface area (Å²) in [5.41, 5.74) is 0. The summed E-state index contributed by atoms with van der Waals surface area (Å²) in [6.07, 6.45) is 8.69. The molecule has 0 saturated heterocycles. The van der Waals surface area contributed by atoms with Crippen LogP contribution in [0.4, 0.5) is 11.8 Å². The van der Waals surface area contributed by atoms with E-state index < -0.39 is 0 Å². The van der Waals surface area contributed by atoms with Crippen molar-refractivity contribution < 1.29 is 0 Å². The number of nitrogens with one attached hydrogen (secondary N) is 2. The monoisotopic (exact) mass is 220 g/mol. The van der Waals surface area contributed by atoms with Gasteiger partial charge in [0.15, 0.2) is 0 Å². The number of hydrogen-bond donors (Lipinski definition) is 2. The third-order valence-corrected chi connectivity index (χ3v) is 3.21. The largest absolute Gasteiger partial charge is 0.370 e. The van der Waals surface area contributed by atoms with Gasteiger partial charge in [0.05, 0.1) is 0 Å². The Hall–Kier alpha value is -1.32. The summed E-state index contributed by atoms with van der Waals surface area (Å²) in [4.78, 5) is 8.40. The highest BCUT2D eigenvalue weighted by Crippen LogP contribution is 2.27. The molecule has 16 heavy (non-hydrogen) atoms. The van der Waals surface area contributed by atoms with Gasteiger partial charge in [0, 0.05) is 19.8 Å². The lowest BCUT2D eigenvalue weighted by molar-refractivity contribution is 0.518. The Morgan fingerprint density at radius 2 is 2.19 bits per heavy atom. The lowest BCUT2D eigenvalue weighted by atomic mass is 10.0. The van der Waals surface area contributed by atoms with Crippen molar-refractivity contribution in [3.05, 3.63) is 12.3 Å². The molecular weight excluding hydrogens is 200 g/mol. The molecule has 1 aromatic heterocycles. The molecule has 2 N–H and O–H groups in total. The normalized spacial score (nSPS) is 16.3. The fourth-order valence-electron chi connectivity index (χ4n) is 2.28. The fourth-order valence-corrected chi connectivity index (χ4v) is 2.28. The SMILES string of the molecule is CNc1nccc(NCCC2CCCC2)n1. The molecule has 4 heteroatoms. The van der Waals surface area contributed by atoms with Crippen LogP contribution in [0.1, 0.15) is 32.1 Å². The lowest BCUT2D eigenvalue weighted by Crippen LogP contribution is -2.08. The molecule has 4 nitrogen and oxygen atoms in total. The van der Waals surface area contributed by atoms with Crippen LogP contribution < -0.4 is 10.6 Å². The van der Waals surface area contributed by atoms with Crippen LogP contribution in [0.25, 0.3) is 0 Å². The molecule has 0 aromatic carbocycles. The van der Waals surface area contributed by atoms with E-state index in [9.17, 15) is 0 Å². The quantitative estimate of drug-likeness (QED) is 0.800. The highest BCUT2D eigenvalue weighted by Gasteiger charge is 2.13. The Balaban J connectivity index is 1.75. The summed E-state index contributed by atoms with van der Waals surface area (Å²) >= 11 is 0. The van der Waals surface area contributed by atoms with Gasteiger partial charge in [0.1, 0.15) is 5.82 Å². The predicted octanol–water partition coefficient (Wildman–Crippen LogP) is 2.51. The molecule has 2 rings (SSSR count). The summed E-state index contributed by atoms with van der Waals surface area (Å²) in [6.45, 7) is 1.02. The van der Waals surface area contributed by atoms with Crippen molar-refractivity contribution in [1.29, 1.82) is 0 Å². The molecule has 0 radical (unpaired) electrons. The van der Waals surface area contributed by atoms with Crippen LogP contribution in [0.15, 0.2) is 12.3 Å². The molecule has 1 aromatic rings. The number of rotatable bonds is 5. The standard InChI is InChI=1S/C12H20N4/c1-13-12-15-9-7-11(16-12)14-8-6-10-4-2-3-5-10/h7,9-10H,2-6,8H2,1H3,(H2,13,14,15,16). The van der Waals surface area contributed by atoms with Crippen LogP contribution >= 0.6 is 0 Å². The summed E-state index contributed by atoms with van der Waals surface area (Å²) < 4.78 is 0. The van der Waals surface area contributed by atoms with Crippen LogP contribution in [-0.4, -0.2) is 23.6 Å². The van der Waals surface area contributed by atoms with E-state index in [1.54, 1.807) is 6.20 Å². The van der Waals surface area contributed by atoms with Gasteiger partial charge >= 0.3 is 0 Å². The number of hydrogen-bond acceptors (Lipinski definition) is 4. The van der Waals surface area contributed by atoms with Crippen molar-refractivity contribution in [1.82, 2.24) is 9.97 Å². The van der Waals surface area contributed by atoms with Gasteiger partial charge in [-0.05, 0) is 18.4 Å². The van der Waals surface area contributed by atoms with Crippen LogP contribution in [0.5, 0.6) is 0 Å². The van der Waals surface area contributed by atoms with E-state index in [0.29, 0.717) is 5.95 Å². The highest BCUT2D eigenvalue weighted by atomic mass is 15.1. The van der Waals surface area contributed by atoms with E-state index in [0.717, 1.165) is 18.3 Å². The zero-order valence-corrected chi connectivity index (χ0v) is 9.87. The van der Waals surface area contributed by atoms with E-state index in [-0.39, 0.29) is 0 Å². The lowest BCUT2D eigenvalue weighted by Gasteiger charge is -2.10. The number of aromatic nitrogens is 2. The molecule has 0 atom stereocenters. The summed E-state index contributed by atoms with van der Waals surface area (Å²) in [5, 5.41) is 6.29. The average Bonchev–Trinajstić information content (AvgIpc) is 2.82. The molecule has 1 saturated carbocycles. The molecule has 1 heterocycles. The maximum atomic E-state index is 4.32. The highest BCUT2D eigenvalue weighted by molar-refractivity contribution is 5.38. The van der Waals surface area contributed by atoms with Crippen molar-refractivity contribution in [2.75, 3.05) is 24.2 Å². The minimum atomic E-state index is 0.672. The topological polar surface area (TPSA) is 49.8 Å². The first-order valence-electron chi connectivity index (χ1n) is 6.13. The van der Waals surface area contributed by atoms with Gasteiger partial charge in [-0.1, -0.05) is 25.7 Å². The minimum absolute atomic E-state index is 0.672. The third kappa shape index (κ3) is 3.08. The van der Waals surface area contributed by atoms with Gasteiger partial charge in [-0.3, -0.25) is 0 Å². The van der Waals surface area contributed by atoms with Crippen molar-refractivity contribution in [3.8, 4) is 0 Å². The zero-order valence-electron chi connectivity index (χ0n) is 9.87. The second kappa shape index (κ2) is 5.68. The molecule has 1 aliphatic rings. The molecule has 0 unspecified atom stereocenters. The second-order valence-corrected chi connectivity index (χ2v) is 4.38. The van der Waals surface area contributed by atoms with Gasteiger partial charge in [0.25, 0.3) is 0 Å². The predicted molar refractivity (Wildman–Crippen MR) is 66.6 cm³/mol. The average molecular weight is 220 g/mol. The molecule has 88 valence electrons. The van der Waals surface area contributed by atoms with Crippen LogP contribution in [0, 0.1) is 5.92 Å². The van der Waals surface area contributed by atoms with E-state index in [4.69, 9.17) is 0 Å². The van der Waals surface area contributed by atoms with Crippen LogP contribution in [0.3, 0.4) is 0 Å². The van der Waals surface area contributed by atoms with Gasteiger partial charge in [0.2, 0.25) is 5.95 Å². The zero-order chi connectivity index (χ0) is 11.2. The first-order valence-corrected chi connectivity index (χ1v) is 6.13. The third-order valence-electron chi connectivity index (χ3n) is 3.21.